The van der Waals surface area contributed by atoms with Crippen LogP contribution in [0.5, 0.6) is 5.75 Å². The molecule has 5 heteroatoms. The number of amides is 1. The van der Waals surface area contributed by atoms with Gasteiger partial charge < -0.3 is 15.8 Å². The average molecular weight is 254 g/mol. The summed E-state index contributed by atoms with van der Waals surface area (Å²) >= 11 is 0. The Hall–Kier alpha value is -1.62. The highest BCUT2D eigenvalue weighted by molar-refractivity contribution is 5.75. The Balaban J connectivity index is 2.48. The third-order valence-electron chi connectivity index (χ3n) is 2.52. The van der Waals surface area contributed by atoms with Crippen molar-refractivity contribution >= 4 is 5.91 Å². The van der Waals surface area contributed by atoms with Gasteiger partial charge in [0.25, 0.3) is 0 Å². The fourth-order valence-electron chi connectivity index (χ4n) is 1.58. The first-order valence-corrected chi connectivity index (χ1v) is 5.99. The van der Waals surface area contributed by atoms with Crippen molar-refractivity contribution in [3.63, 3.8) is 0 Å². The van der Waals surface area contributed by atoms with Crippen molar-refractivity contribution < 1.29 is 13.9 Å². The predicted octanol–water partition coefficient (Wildman–Crippen LogP) is 1.23. The van der Waals surface area contributed by atoms with E-state index in [0.29, 0.717) is 38.2 Å². The van der Waals surface area contributed by atoms with Gasteiger partial charge in [0.2, 0.25) is 5.91 Å². The number of benzene rings is 1. The fraction of sp³-hybridized carbons (Fsp3) is 0.462. The molecule has 100 valence electrons. The van der Waals surface area contributed by atoms with Crippen LogP contribution in [0.3, 0.4) is 0 Å². The zero-order chi connectivity index (χ0) is 13.4. The molecule has 0 saturated carbocycles. The van der Waals surface area contributed by atoms with Crippen LogP contribution in [0.4, 0.5) is 4.39 Å². The highest BCUT2D eigenvalue weighted by Crippen LogP contribution is 2.20. The molecular formula is C13H19FN2O2. The molecule has 1 rings (SSSR count). The number of rotatable bonds is 7. The molecule has 1 aromatic carbocycles. The first-order valence-electron chi connectivity index (χ1n) is 5.99. The summed E-state index contributed by atoms with van der Waals surface area (Å²) in [6.07, 6.45) is 1.62. The monoisotopic (exact) mass is 254 g/mol. The Morgan fingerprint density at radius 3 is 2.94 bits per heavy atom. The number of carbonyl (C=O) groups is 1. The Labute approximate surface area is 106 Å². The molecule has 0 radical (unpaired) electrons. The molecule has 0 aliphatic rings. The summed E-state index contributed by atoms with van der Waals surface area (Å²) in [4.78, 5) is 11.0. The van der Waals surface area contributed by atoms with E-state index in [2.05, 4.69) is 5.32 Å². The van der Waals surface area contributed by atoms with Crippen molar-refractivity contribution in [1.82, 2.24) is 5.32 Å². The largest absolute Gasteiger partial charge is 0.493 e. The number of nitrogens with two attached hydrogens (primary N) is 1. The van der Waals surface area contributed by atoms with Gasteiger partial charge in [-0.25, -0.2) is 4.39 Å². The number of hydrogen-bond donors (Lipinski definition) is 2. The van der Waals surface area contributed by atoms with Gasteiger partial charge in [-0.3, -0.25) is 4.79 Å². The molecule has 0 saturated heterocycles. The molecule has 0 spiro atoms. The molecule has 0 fully saturated rings. The van der Waals surface area contributed by atoms with Gasteiger partial charge in [0, 0.05) is 13.5 Å². The van der Waals surface area contributed by atoms with Crippen molar-refractivity contribution in [1.29, 1.82) is 0 Å². The number of halogens is 1. The molecule has 18 heavy (non-hydrogen) atoms. The van der Waals surface area contributed by atoms with Crippen LogP contribution in [0.25, 0.3) is 0 Å². The van der Waals surface area contributed by atoms with Crippen molar-refractivity contribution in [3.8, 4) is 5.75 Å². The van der Waals surface area contributed by atoms with E-state index >= 15 is 0 Å². The van der Waals surface area contributed by atoms with Gasteiger partial charge in [0.1, 0.15) is 11.6 Å². The van der Waals surface area contributed by atoms with Crippen LogP contribution in [0, 0.1) is 5.82 Å². The number of hydrogen-bond acceptors (Lipinski definition) is 3. The zero-order valence-corrected chi connectivity index (χ0v) is 10.5. The Morgan fingerprint density at radius 1 is 1.50 bits per heavy atom. The lowest BCUT2D eigenvalue weighted by molar-refractivity contribution is -0.120. The van der Waals surface area contributed by atoms with E-state index in [-0.39, 0.29) is 11.7 Å². The average Bonchev–Trinajstić information content (AvgIpc) is 2.36. The van der Waals surface area contributed by atoms with Crippen molar-refractivity contribution in [2.45, 2.75) is 19.3 Å². The van der Waals surface area contributed by atoms with E-state index in [9.17, 15) is 9.18 Å². The predicted molar refractivity (Wildman–Crippen MR) is 68.0 cm³/mol. The highest BCUT2D eigenvalue weighted by Gasteiger charge is 2.05. The minimum Gasteiger partial charge on any atom is -0.493 e. The summed E-state index contributed by atoms with van der Waals surface area (Å²) < 4.78 is 18.6. The van der Waals surface area contributed by atoms with Crippen molar-refractivity contribution in [3.05, 3.63) is 29.6 Å². The van der Waals surface area contributed by atoms with E-state index in [1.165, 1.54) is 12.1 Å². The van der Waals surface area contributed by atoms with E-state index in [1.807, 2.05) is 0 Å². The lowest BCUT2D eigenvalue weighted by atomic mass is 10.1. The minimum atomic E-state index is -0.295. The van der Waals surface area contributed by atoms with E-state index in [0.717, 1.165) is 5.56 Å². The smallest absolute Gasteiger partial charge is 0.219 e. The van der Waals surface area contributed by atoms with Gasteiger partial charge in [0.05, 0.1) is 6.61 Å². The van der Waals surface area contributed by atoms with Gasteiger partial charge >= 0.3 is 0 Å². The maximum Gasteiger partial charge on any atom is 0.219 e. The molecule has 0 atom stereocenters. The molecule has 4 nitrogen and oxygen atoms in total. The summed E-state index contributed by atoms with van der Waals surface area (Å²) in [5.74, 6) is 0.329. The third kappa shape index (κ3) is 4.71. The molecule has 0 aliphatic carbocycles. The molecule has 1 aromatic rings. The summed E-state index contributed by atoms with van der Waals surface area (Å²) in [5.41, 5.74) is 6.22. The zero-order valence-electron chi connectivity index (χ0n) is 10.5. The SMILES string of the molecule is CNC(=O)CCCOc1ccc(F)cc1CCN. The van der Waals surface area contributed by atoms with E-state index in [1.54, 1.807) is 13.1 Å². The summed E-state index contributed by atoms with van der Waals surface area (Å²) in [5, 5.41) is 2.54. The van der Waals surface area contributed by atoms with Crippen LogP contribution in [0.1, 0.15) is 18.4 Å². The van der Waals surface area contributed by atoms with Crippen LogP contribution in [-0.4, -0.2) is 26.1 Å². The number of ether oxygens (including phenoxy) is 1. The highest BCUT2D eigenvalue weighted by atomic mass is 19.1. The second-order valence-electron chi connectivity index (χ2n) is 3.92. The Morgan fingerprint density at radius 2 is 2.28 bits per heavy atom. The lowest BCUT2D eigenvalue weighted by Gasteiger charge is -2.11. The topological polar surface area (TPSA) is 64.3 Å². The first-order chi connectivity index (χ1) is 8.67. The third-order valence-corrected chi connectivity index (χ3v) is 2.52. The second kappa shape index (κ2) is 7.66. The van der Waals surface area contributed by atoms with Crippen LogP contribution < -0.4 is 15.8 Å². The van der Waals surface area contributed by atoms with Gasteiger partial charge in [0.15, 0.2) is 0 Å². The fourth-order valence-corrected chi connectivity index (χ4v) is 1.58. The summed E-state index contributed by atoms with van der Waals surface area (Å²) in [6, 6.07) is 4.38. The summed E-state index contributed by atoms with van der Waals surface area (Å²) in [7, 11) is 1.60. The van der Waals surface area contributed by atoms with Gasteiger partial charge in [-0.1, -0.05) is 0 Å². The quantitative estimate of drug-likeness (QED) is 0.719. The normalized spacial score (nSPS) is 10.2. The Kier molecular flexibility index (Phi) is 6.14. The molecule has 0 bridgehead atoms. The molecule has 0 heterocycles. The van der Waals surface area contributed by atoms with Crippen LogP contribution in [-0.2, 0) is 11.2 Å². The molecular weight excluding hydrogens is 235 g/mol. The standard InChI is InChI=1S/C13H19FN2O2/c1-16-13(17)3-2-8-18-12-5-4-11(14)9-10(12)6-7-15/h4-5,9H,2-3,6-8,15H2,1H3,(H,16,17). The Bertz CT molecular complexity index is 397. The van der Waals surface area contributed by atoms with Gasteiger partial charge in [-0.05, 0) is 43.1 Å². The molecule has 0 aliphatic heterocycles. The lowest BCUT2D eigenvalue weighted by Crippen LogP contribution is -2.18. The minimum absolute atomic E-state index is 0.0140. The maximum absolute atomic E-state index is 13.1. The number of nitrogens with one attached hydrogen (secondary N) is 1. The van der Waals surface area contributed by atoms with E-state index in [4.69, 9.17) is 10.5 Å². The van der Waals surface area contributed by atoms with Crippen LogP contribution >= 0.6 is 0 Å². The van der Waals surface area contributed by atoms with Gasteiger partial charge in [-0.2, -0.15) is 0 Å². The van der Waals surface area contributed by atoms with E-state index < -0.39 is 0 Å². The van der Waals surface area contributed by atoms with Crippen molar-refractivity contribution in [2.75, 3.05) is 20.2 Å². The molecule has 0 aromatic heterocycles. The van der Waals surface area contributed by atoms with Gasteiger partial charge in [-0.15, -0.1) is 0 Å². The van der Waals surface area contributed by atoms with Crippen LogP contribution in [0.15, 0.2) is 18.2 Å². The maximum atomic E-state index is 13.1. The van der Waals surface area contributed by atoms with Crippen molar-refractivity contribution in [2.24, 2.45) is 5.73 Å². The second-order valence-corrected chi connectivity index (χ2v) is 3.92. The van der Waals surface area contributed by atoms with Crippen LogP contribution in [0.2, 0.25) is 0 Å². The first kappa shape index (κ1) is 14.4. The molecule has 0 unspecified atom stereocenters. The molecule has 1 amide bonds. The number of carbonyl (C=O) groups excluding carboxylic acids is 1. The molecule has 3 N–H and O–H groups in total. The summed E-state index contributed by atoms with van der Waals surface area (Å²) in [6.45, 7) is 0.870.